The third kappa shape index (κ3) is 9.39. The Labute approximate surface area is 201 Å². The van der Waals surface area contributed by atoms with Crippen LogP contribution < -0.4 is 20.3 Å². The van der Waals surface area contributed by atoms with Crippen LogP contribution in [0.2, 0.25) is 0 Å². The molecule has 0 saturated carbocycles. The molecule has 5 atom stereocenters. The normalized spacial score (nSPS) is 19.8. The van der Waals surface area contributed by atoms with Crippen LogP contribution in [-0.2, 0) is 19.2 Å². The molecule has 1 fully saturated rings. The van der Waals surface area contributed by atoms with E-state index < -0.39 is 45.2 Å². The van der Waals surface area contributed by atoms with Crippen molar-refractivity contribution in [3.05, 3.63) is 0 Å². The summed E-state index contributed by atoms with van der Waals surface area (Å²) in [6.07, 6.45) is 4.82. The minimum atomic E-state index is -1.08. The summed E-state index contributed by atoms with van der Waals surface area (Å²) in [6.45, 7) is 8.16. The molecule has 1 aliphatic rings. The molecule has 184 valence electrons. The number of amides is 2. The van der Waals surface area contributed by atoms with Crippen molar-refractivity contribution in [2.75, 3.05) is 18.6 Å². The van der Waals surface area contributed by atoms with E-state index in [0.717, 1.165) is 25.8 Å². The summed E-state index contributed by atoms with van der Waals surface area (Å²) < 4.78 is 2.94. The molecule has 0 spiro atoms. The van der Waals surface area contributed by atoms with Crippen LogP contribution in [-0.4, -0.2) is 85.5 Å². The summed E-state index contributed by atoms with van der Waals surface area (Å²) >= 11 is 0.824. The Morgan fingerprint density at radius 1 is 1.16 bits per heavy atom. The maximum atomic E-state index is 13.0. The van der Waals surface area contributed by atoms with Crippen molar-refractivity contribution in [2.24, 2.45) is 11.8 Å². The zero-order valence-electron chi connectivity index (χ0n) is 19.6. The Morgan fingerprint density at radius 2 is 1.84 bits per heavy atom. The fraction of sp³-hybridized carbons (Fsp3) is 0.810. The third-order valence-corrected chi connectivity index (χ3v) is 8.04. The van der Waals surface area contributed by atoms with Crippen LogP contribution in [0.1, 0.15) is 53.4 Å². The minimum absolute atomic E-state index is 0.0349. The molecule has 0 aliphatic carbocycles. The summed E-state index contributed by atoms with van der Waals surface area (Å²) in [5.41, 5.74) is 0. The van der Waals surface area contributed by atoms with E-state index in [4.69, 9.17) is 0 Å². The number of rotatable bonds is 15. The number of carboxylic acid groups (broad SMARTS) is 1. The van der Waals surface area contributed by atoms with Gasteiger partial charge in [-0.25, -0.2) is 0 Å². The van der Waals surface area contributed by atoms with Gasteiger partial charge in [0.1, 0.15) is 0 Å². The van der Waals surface area contributed by atoms with Crippen molar-refractivity contribution in [2.45, 2.75) is 77.5 Å². The van der Waals surface area contributed by atoms with E-state index in [-0.39, 0.29) is 28.5 Å². The van der Waals surface area contributed by atoms with E-state index in [1.807, 2.05) is 20.1 Å². The van der Waals surface area contributed by atoms with Gasteiger partial charge in [-0.1, -0.05) is 0 Å². The first-order valence-electron chi connectivity index (χ1n) is 11.1. The first kappa shape index (κ1) is 28.9. The topological polar surface area (TPSA) is 137 Å². The summed E-state index contributed by atoms with van der Waals surface area (Å²) in [4.78, 5) is 49.8. The molecule has 0 bridgehead atoms. The number of carboxylic acids is 1. The number of hydrogen-bond donors (Lipinski definition) is 5. The quantitative estimate of drug-likeness (QED) is 0.189. The molecule has 1 heterocycles. The fourth-order valence-electron chi connectivity index (χ4n) is 3.27. The van der Waals surface area contributed by atoms with Gasteiger partial charge in [0.2, 0.25) is 0 Å². The molecule has 1 saturated heterocycles. The monoisotopic (exact) mass is 538 g/mol. The zero-order valence-corrected chi connectivity index (χ0v) is 22.1. The second-order valence-electron chi connectivity index (χ2n) is 8.46. The van der Waals surface area contributed by atoms with E-state index in [9.17, 15) is 24.3 Å². The first-order valence-corrected chi connectivity index (χ1v) is 14.2. The van der Waals surface area contributed by atoms with Crippen molar-refractivity contribution in [3.8, 4) is 0 Å². The average molecular weight is 538 g/mol. The summed E-state index contributed by atoms with van der Waals surface area (Å²) in [6, 6.07) is -2.54. The molecule has 0 aromatic rings. The molecule has 5 N–H and O–H groups in total. The summed E-state index contributed by atoms with van der Waals surface area (Å²) in [5.74, 6) is -1.28. The Morgan fingerprint density at radius 3 is 2.34 bits per heavy atom. The van der Waals surface area contributed by atoms with E-state index in [0.29, 0.717) is 12.2 Å². The molecule has 0 aromatic carbocycles. The zero-order chi connectivity index (χ0) is 24.3. The fourth-order valence-corrected chi connectivity index (χ4v) is 5.63. The summed E-state index contributed by atoms with van der Waals surface area (Å²) in [7, 11) is 0. The molecule has 32 heavy (non-hydrogen) atoms. The van der Waals surface area contributed by atoms with Gasteiger partial charge in [0, 0.05) is 0 Å². The van der Waals surface area contributed by atoms with Crippen molar-refractivity contribution in [1.29, 1.82) is 0 Å². The van der Waals surface area contributed by atoms with Crippen LogP contribution in [0.25, 0.3) is 0 Å². The molecule has 0 aromatic heterocycles. The number of aliphatic carboxylic acids is 1. The Hall–Kier alpha value is -1.13. The maximum absolute atomic E-state index is 13.0. The molecule has 1 rings (SSSR count). The molecule has 1 aliphatic heterocycles. The van der Waals surface area contributed by atoms with Gasteiger partial charge in [-0.15, -0.1) is 0 Å². The number of carbonyl (C=O) groups is 4. The second-order valence-corrected chi connectivity index (χ2v) is 11.2. The molecule has 0 unspecified atom stereocenters. The van der Waals surface area contributed by atoms with Crippen molar-refractivity contribution in [3.63, 3.8) is 0 Å². The van der Waals surface area contributed by atoms with Crippen molar-refractivity contribution in [1.82, 2.24) is 20.3 Å². The van der Waals surface area contributed by atoms with Gasteiger partial charge in [0.25, 0.3) is 0 Å². The van der Waals surface area contributed by atoms with Crippen LogP contribution in [0.3, 0.4) is 0 Å². The molecular formula is C21H38N4O5SSe. The predicted octanol–water partition coefficient (Wildman–Crippen LogP) is 0.352. The second kappa shape index (κ2) is 14.9. The molecule has 9 nitrogen and oxygen atoms in total. The SMILES string of the molecule is CC[C@H](C)[C@H](NC(=O)[C@@H]1CCCN1)C(=O)[Se]N[C@@H](CCSC)C(=O)N[C@H](C(=O)O)C(C)C. The van der Waals surface area contributed by atoms with Gasteiger partial charge >= 0.3 is 202 Å². The Balaban J connectivity index is 2.80. The van der Waals surface area contributed by atoms with Gasteiger partial charge in [-0.2, -0.15) is 0 Å². The molecule has 2 amide bonds. The predicted molar refractivity (Wildman–Crippen MR) is 127 cm³/mol. The number of hydrogen-bond acceptors (Lipinski definition) is 7. The Kier molecular flexibility index (Phi) is 13.5. The van der Waals surface area contributed by atoms with E-state index in [2.05, 4.69) is 20.3 Å². The number of thioether (sulfide) groups is 1. The first-order chi connectivity index (χ1) is 15.1. The van der Waals surface area contributed by atoms with Gasteiger partial charge in [-0.3, -0.25) is 0 Å². The van der Waals surface area contributed by atoms with Gasteiger partial charge in [0.05, 0.1) is 0 Å². The standard InChI is InChI=1S/C21H38N4O5SSe/c1-6-13(4)17(24-18(26)14-8-7-10-22-14)21(30)32-25-15(9-11-31-5)19(27)23-16(12(2)3)20(28)29/h12-17,22,25H,6-11H2,1-5H3,(H,23,27)(H,24,26)(H,28,29)/t13-,14-,15-,16-,17-/m0/s1. The third-order valence-electron chi connectivity index (χ3n) is 5.60. The molecule has 0 radical (unpaired) electrons. The van der Waals surface area contributed by atoms with Crippen LogP contribution in [0.4, 0.5) is 0 Å². The van der Waals surface area contributed by atoms with Crippen molar-refractivity contribution >= 4 is 49.4 Å². The molecular weight excluding hydrogens is 499 g/mol. The van der Waals surface area contributed by atoms with Gasteiger partial charge < -0.3 is 0 Å². The van der Waals surface area contributed by atoms with Crippen LogP contribution >= 0.6 is 11.8 Å². The summed E-state index contributed by atoms with van der Waals surface area (Å²) in [5, 5.41) is 18.0. The number of nitrogens with one attached hydrogen (secondary N) is 4. The van der Waals surface area contributed by atoms with Crippen molar-refractivity contribution < 1.29 is 24.3 Å². The van der Waals surface area contributed by atoms with E-state index in [1.54, 1.807) is 25.6 Å². The van der Waals surface area contributed by atoms with E-state index >= 15 is 0 Å². The Bertz CT molecular complexity index is 646. The van der Waals surface area contributed by atoms with Gasteiger partial charge in [-0.05, 0) is 0 Å². The van der Waals surface area contributed by atoms with E-state index in [1.165, 1.54) is 0 Å². The van der Waals surface area contributed by atoms with Crippen LogP contribution in [0, 0.1) is 11.8 Å². The van der Waals surface area contributed by atoms with Crippen LogP contribution in [0.15, 0.2) is 0 Å². The number of carbonyl (C=O) groups excluding carboxylic acids is 3. The van der Waals surface area contributed by atoms with Crippen LogP contribution in [0.5, 0.6) is 0 Å². The van der Waals surface area contributed by atoms with Gasteiger partial charge in [0.15, 0.2) is 0 Å². The molecule has 11 heteroatoms. The average Bonchev–Trinajstić information content (AvgIpc) is 3.29.